The van der Waals surface area contributed by atoms with Crippen molar-refractivity contribution in [2.75, 3.05) is 0 Å². The maximum absolute atomic E-state index is 11.7. The van der Waals surface area contributed by atoms with E-state index in [4.69, 9.17) is 0 Å². The van der Waals surface area contributed by atoms with Gasteiger partial charge >= 0.3 is 58.4 Å². The number of aryl methyl sites for hydroxylation is 1. The molecule has 0 bridgehead atoms. The van der Waals surface area contributed by atoms with Gasteiger partial charge in [-0.15, -0.1) is 5.92 Å². The van der Waals surface area contributed by atoms with E-state index in [-0.39, 0.29) is 51.4 Å². The second-order valence-corrected chi connectivity index (χ2v) is 2.71. The number of hydrogen-bond acceptors (Lipinski definition) is 0. The molecule has 0 amide bonds. The first-order chi connectivity index (χ1) is 5.97. The Bertz CT molecular complexity index is 345. The van der Waals surface area contributed by atoms with E-state index in [1.165, 1.54) is 5.82 Å². The second kappa shape index (κ2) is 5.99. The standard InChI is InChI=1S/C9H7BF3.K/c1-8-2-4-9(5-3-8)6-7-10(11,12)13;/h2-5H,1H3;/q-1;+1. The molecule has 14 heavy (non-hydrogen) atoms. The number of hydrogen-bond donors (Lipinski definition) is 0. The summed E-state index contributed by atoms with van der Waals surface area (Å²) in [6, 6.07) is 6.61. The van der Waals surface area contributed by atoms with Gasteiger partial charge in [-0.05, 0) is 19.1 Å². The van der Waals surface area contributed by atoms with Crippen LogP contribution in [0, 0.1) is 18.7 Å². The van der Waals surface area contributed by atoms with Crippen LogP contribution in [-0.2, 0) is 0 Å². The molecule has 0 aliphatic heterocycles. The van der Waals surface area contributed by atoms with Crippen molar-refractivity contribution in [2.24, 2.45) is 0 Å². The largest absolute Gasteiger partial charge is 1.00 e. The van der Waals surface area contributed by atoms with E-state index in [0.717, 1.165) is 5.56 Å². The van der Waals surface area contributed by atoms with Crippen LogP contribution in [-0.4, -0.2) is 6.98 Å². The number of rotatable bonds is 0. The third-order valence-electron chi connectivity index (χ3n) is 1.43. The molecule has 5 heteroatoms. The summed E-state index contributed by atoms with van der Waals surface area (Å²) in [7, 11) is 0. The number of halogens is 3. The first-order valence-corrected chi connectivity index (χ1v) is 3.76. The van der Waals surface area contributed by atoms with Crippen LogP contribution in [0.4, 0.5) is 12.9 Å². The van der Waals surface area contributed by atoms with Crippen LogP contribution in [0.25, 0.3) is 0 Å². The summed E-state index contributed by atoms with van der Waals surface area (Å²) in [6.45, 7) is -3.13. The van der Waals surface area contributed by atoms with Crippen molar-refractivity contribution in [1.29, 1.82) is 0 Å². The molecule has 0 aliphatic carbocycles. The maximum atomic E-state index is 11.7. The molecule has 68 valence electrons. The van der Waals surface area contributed by atoms with Gasteiger partial charge in [-0.25, -0.2) is 0 Å². The Labute approximate surface area is 124 Å². The summed E-state index contributed by atoms with van der Waals surface area (Å²) in [6.07, 6.45) is 0. The molecule has 1 aromatic rings. The van der Waals surface area contributed by atoms with Gasteiger partial charge in [-0.1, -0.05) is 17.7 Å². The summed E-state index contributed by atoms with van der Waals surface area (Å²) >= 11 is 0. The zero-order valence-corrected chi connectivity index (χ0v) is 11.1. The second-order valence-electron chi connectivity index (χ2n) is 2.71. The van der Waals surface area contributed by atoms with Crippen molar-refractivity contribution >= 4 is 6.98 Å². The summed E-state index contributed by atoms with van der Waals surface area (Å²) in [5, 5.41) is 0. The SMILES string of the molecule is Cc1ccc(C#C[B-](F)(F)F)cc1.[K+]. The Kier molecular flexibility index (Phi) is 6.10. The van der Waals surface area contributed by atoms with Gasteiger partial charge < -0.3 is 12.9 Å². The van der Waals surface area contributed by atoms with E-state index in [0.29, 0.717) is 5.56 Å². The van der Waals surface area contributed by atoms with Crippen LogP contribution in [0.5, 0.6) is 0 Å². The Morgan fingerprint density at radius 2 is 1.57 bits per heavy atom. The minimum absolute atomic E-state index is 0. The molecule has 0 aromatic heterocycles. The first kappa shape index (κ1) is 14.3. The quantitative estimate of drug-likeness (QED) is 0.419. The Morgan fingerprint density at radius 1 is 1.07 bits per heavy atom. The smallest absolute Gasteiger partial charge is 0.438 e. The van der Waals surface area contributed by atoms with Gasteiger partial charge in [-0.3, -0.25) is 0 Å². The molecule has 0 saturated heterocycles. The topological polar surface area (TPSA) is 0 Å². The van der Waals surface area contributed by atoms with E-state index < -0.39 is 6.98 Å². The Hall–Kier alpha value is 0.271. The molecule has 0 atom stereocenters. The van der Waals surface area contributed by atoms with Crippen molar-refractivity contribution in [2.45, 2.75) is 6.92 Å². The van der Waals surface area contributed by atoms with Gasteiger partial charge in [0.05, 0.1) is 0 Å². The average Bonchev–Trinajstić information content (AvgIpc) is 2.02. The van der Waals surface area contributed by atoms with E-state index in [9.17, 15) is 12.9 Å². The average molecular weight is 222 g/mol. The minimum Gasteiger partial charge on any atom is -0.438 e. The predicted octanol–water partition coefficient (Wildman–Crippen LogP) is -0.263. The Morgan fingerprint density at radius 3 is 2.00 bits per heavy atom. The molecular weight excluding hydrogens is 215 g/mol. The van der Waals surface area contributed by atoms with Crippen LogP contribution in [0.3, 0.4) is 0 Å². The van der Waals surface area contributed by atoms with Crippen LogP contribution in [0.15, 0.2) is 24.3 Å². The summed E-state index contributed by atoms with van der Waals surface area (Å²) in [5.74, 6) is 3.33. The van der Waals surface area contributed by atoms with E-state index in [1.807, 2.05) is 6.92 Å². The summed E-state index contributed by atoms with van der Waals surface area (Å²) in [4.78, 5) is 0. The predicted molar refractivity (Wildman–Crippen MR) is 47.1 cm³/mol. The summed E-state index contributed by atoms with van der Waals surface area (Å²) in [5.41, 5.74) is 1.40. The molecule has 1 aromatic carbocycles. The van der Waals surface area contributed by atoms with Crippen LogP contribution >= 0.6 is 0 Å². The third-order valence-corrected chi connectivity index (χ3v) is 1.43. The van der Waals surface area contributed by atoms with Crippen LogP contribution in [0.1, 0.15) is 11.1 Å². The van der Waals surface area contributed by atoms with Gasteiger partial charge in [0, 0.05) is 5.56 Å². The fraction of sp³-hybridized carbons (Fsp3) is 0.111. The molecule has 0 fully saturated rings. The third kappa shape index (κ3) is 5.89. The first-order valence-electron chi connectivity index (χ1n) is 3.76. The van der Waals surface area contributed by atoms with Gasteiger partial charge in [0.25, 0.3) is 0 Å². The van der Waals surface area contributed by atoms with E-state index in [1.54, 1.807) is 24.3 Å². The Balaban J connectivity index is 0.00000169. The molecule has 0 unspecified atom stereocenters. The van der Waals surface area contributed by atoms with E-state index >= 15 is 0 Å². The fourth-order valence-electron chi connectivity index (χ4n) is 0.802. The van der Waals surface area contributed by atoms with Gasteiger partial charge in [0.1, 0.15) is 0 Å². The zero-order chi connectivity index (χ0) is 9.90. The molecule has 0 heterocycles. The monoisotopic (exact) mass is 222 g/mol. The van der Waals surface area contributed by atoms with Gasteiger partial charge in [0.2, 0.25) is 0 Å². The molecule has 0 radical (unpaired) electrons. The van der Waals surface area contributed by atoms with Gasteiger partial charge in [-0.2, -0.15) is 5.82 Å². The van der Waals surface area contributed by atoms with E-state index in [2.05, 4.69) is 5.92 Å². The molecule has 0 spiro atoms. The maximum Gasteiger partial charge on any atom is 1.00 e. The number of benzene rings is 1. The zero-order valence-electron chi connectivity index (χ0n) is 8.02. The molecule has 0 nitrogen and oxygen atoms in total. The molecule has 0 aliphatic rings. The van der Waals surface area contributed by atoms with Crippen LogP contribution in [0.2, 0.25) is 0 Å². The molecule has 1 rings (SSSR count). The van der Waals surface area contributed by atoms with Crippen molar-refractivity contribution in [1.82, 2.24) is 0 Å². The minimum atomic E-state index is -5.00. The van der Waals surface area contributed by atoms with Crippen molar-refractivity contribution in [3.63, 3.8) is 0 Å². The normalized spacial score (nSPS) is 9.71. The molecular formula is C9H7BF3K. The fourth-order valence-corrected chi connectivity index (χ4v) is 0.802. The molecule has 0 saturated carbocycles. The molecule has 0 N–H and O–H groups in total. The van der Waals surface area contributed by atoms with Crippen LogP contribution < -0.4 is 51.4 Å². The summed E-state index contributed by atoms with van der Waals surface area (Å²) < 4.78 is 35.1. The van der Waals surface area contributed by atoms with Crippen molar-refractivity contribution in [3.05, 3.63) is 35.4 Å². The van der Waals surface area contributed by atoms with Crippen molar-refractivity contribution < 1.29 is 64.3 Å². The van der Waals surface area contributed by atoms with Gasteiger partial charge in [0.15, 0.2) is 0 Å². The van der Waals surface area contributed by atoms with Crippen molar-refractivity contribution in [3.8, 4) is 11.7 Å².